The second kappa shape index (κ2) is 6.44. The maximum Gasteiger partial charge on any atom is 0.165 e. The number of carbonyl (C=O) groups excluding carboxylic acids is 1. The van der Waals surface area contributed by atoms with E-state index in [-0.39, 0.29) is 5.78 Å². The summed E-state index contributed by atoms with van der Waals surface area (Å²) in [6, 6.07) is 7.61. The summed E-state index contributed by atoms with van der Waals surface area (Å²) in [7, 11) is 1.53. The molecule has 0 aliphatic heterocycles. The molecule has 0 amide bonds. The lowest BCUT2D eigenvalue weighted by atomic mass is 10.0. The van der Waals surface area contributed by atoms with E-state index in [1.165, 1.54) is 9.12 Å². The minimum atomic E-state index is 0.158. The van der Waals surface area contributed by atoms with Crippen molar-refractivity contribution in [3.63, 3.8) is 0 Å². The van der Waals surface area contributed by atoms with Crippen LogP contribution in [0.25, 0.3) is 10.9 Å². The molecule has 3 nitrogen and oxygen atoms in total. The van der Waals surface area contributed by atoms with Gasteiger partial charge < -0.3 is 0 Å². The smallest absolute Gasteiger partial charge is 0.165 e. The summed E-state index contributed by atoms with van der Waals surface area (Å²) in [6.07, 6.45) is 4.36. The predicted octanol–water partition coefficient (Wildman–Crippen LogP) is 4.73. The van der Waals surface area contributed by atoms with Crippen molar-refractivity contribution in [1.82, 2.24) is 3.97 Å². The highest BCUT2D eigenvalue weighted by atomic mass is 127. The Bertz CT molecular complexity index is 657. The first-order chi connectivity index (χ1) is 9.21. The van der Waals surface area contributed by atoms with Crippen LogP contribution in [0.2, 0.25) is 0 Å². The molecule has 5 heteroatoms. The molecule has 0 aliphatic carbocycles. The van der Waals surface area contributed by atoms with Crippen LogP contribution >= 0.6 is 30.3 Å². The van der Waals surface area contributed by atoms with Crippen molar-refractivity contribution in [2.24, 2.45) is 0 Å². The zero-order valence-electron chi connectivity index (χ0n) is 10.5. The van der Waals surface area contributed by atoms with Gasteiger partial charge in [0, 0.05) is 53.9 Å². The van der Waals surface area contributed by atoms with Crippen LogP contribution < -0.4 is 0 Å². The number of fused-ring (bicyclic) bond motifs is 1. The van der Waals surface area contributed by atoms with Gasteiger partial charge in [-0.05, 0) is 24.6 Å². The van der Waals surface area contributed by atoms with E-state index < -0.39 is 0 Å². The van der Waals surface area contributed by atoms with E-state index in [4.69, 9.17) is 5.26 Å². The molecule has 1 aromatic heterocycles. The van der Waals surface area contributed by atoms with Crippen molar-refractivity contribution >= 4 is 47.0 Å². The molecule has 0 spiro atoms. The fourth-order valence-electron chi connectivity index (χ4n) is 2.02. The van der Waals surface area contributed by atoms with Crippen LogP contribution in [0.3, 0.4) is 0 Å². The first kappa shape index (κ1) is 14.4. The molecule has 0 saturated heterocycles. The number of Topliss-reactive ketones (excluding diaryl/α,β-unsaturated/α-hetero) is 1. The molecule has 1 aromatic carbocycles. The highest BCUT2D eigenvalue weighted by molar-refractivity contribution is 14.2. The van der Waals surface area contributed by atoms with E-state index in [1.807, 2.05) is 16.2 Å². The molecular weight excluding hydrogens is 371 g/mol. The number of aromatic nitrogens is 1. The molecule has 2 rings (SSSR count). The number of ketones is 1. The first-order valence-electron chi connectivity index (χ1n) is 6.08. The first-order valence-corrected chi connectivity index (χ1v) is 9.40. The van der Waals surface area contributed by atoms with Gasteiger partial charge in [0.1, 0.15) is 0 Å². The number of hydrogen-bond acceptors (Lipinski definition) is 3. The second-order valence-electron chi connectivity index (χ2n) is 4.31. The third kappa shape index (κ3) is 2.95. The molecule has 1 heterocycles. The molecule has 0 fully saturated rings. The maximum absolute atomic E-state index is 12.2. The molecule has 0 radical (unpaired) electrons. The molecule has 0 unspecified atom stereocenters. The zero-order valence-corrected chi connectivity index (χ0v) is 13.5. The van der Waals surface area contributed by atoms with E-state index in [2.05, 4.69) is 34.2 Å². The standard InChI is InChI=1S/C14H13IN2OS/c1-2-3-4-14(18)12-9-17(19-15)13-6-5-10(8-16)7-11(12)13/h5-7,9H,2-4H2,1H3. The minimum absolute atomic E-state index is 0.158. The Labute approximate surface area is 128 Å². The lowest BCUT2D eigenvalue weighted by Gasteiger charge is -1.98. The number of nitrogens with zero attached hydrogens (tertiary/aromatic N) is 2. The summed E-state index contributed by atoms with van der Waals surface area (Å²) in [4.78, 5) is 12.2. The Morgan fingerprint density at radius 1 is 1.53 bits per heavy atom. The number of unbranched alkanes of at least 4 members (excludes halogenated alkanes) is 1. The van der Waals surface area contributed by atoms with Crippen molar-refractivity contribution in [3.05, 3.63) is 35.5 Å². The Morgan fingerprint density at radius 3 is 2.95 bits per heavy atom. The van der Waals surface area contributed by atoms with Crippen LogP contribution in [0, 0.1) is 11.3 Å². The van der Waals surface area contributed by atoms with Crippen LogP contribution in [0.1, 0.15) is 42.1 Å². The summed E-state index contributed by atoms with van der Waals surface area (Å²) in [5, 5.41) is 9.86. The molecule has 0 saturated carbocycles. The van der Waals surface area contributed by atoms with E-state index in [0.29, 0.717) is 12.0 Å². The number of hydrogen-bond donors (Lipinski definition) is 0. The van der Waals surface area contributed by atoms with Crippen molar-refractivity contribution in [1.29, 1.82) is 5.26 Å². The minimum Gasteiger partial charge on any atom is -0.294 e. The Hall–Kier alpha value is -1.00. The predicted molar refractivity (Wildman–Crippen MR) is 87.5 cm³/mol. The van der Waals surface area contributed by atoms with Gasteiger partial charge in [-0.15, -0.1) is 0 Å². The van der Waals surface area contributed by atoms with Gasteiger partial charge in [-0.25, -0.2) is 0 Å². The van der Waals surface area contributed by atoms with E-state index >= 15 is 0 Å². The van der Waals surface area contributed by atoms with E-state index in [9.17, 15) is 4.79 Å². The fourth-order valence-corrected chi connectivity index (χ4v) is 3.38. The molecule has 0 atom stereocenters. The number of rotatable bonds is 5. The van der Waals surface area contributed by atoms with Crippen LogP contribution in [0.4, 0.5) is 0 Å². The third-order valence-electron chi connectivity index (χ3n) is 3.03. The van der Waals surface area contributed by atoms with Gasteiger partial charge in [-0.3, -0.25) is 8.77 Å². The normalized spacial score (nSPS) is 10.6. The molecule has 0 N–H and O–H groups in total. The van der Waals surface area contributed by atoms with Gasteiger partial charge in [0.05, 0.1) is 17.1 Å². The number of halogens is 1. The SMILES string of the molecule is CCCCC(=O)c1cn(SI)c2ccc(C#N)cc12. The van der Waals surface area contributed by atoms with Crippen molar-refractivity contribution in [2.75, 3.05) is 0 Å². The lowest BCUT2D eigenvalue weighted by Crippen LogP contribution is -1.97. The maximum atomic E-state index is 12.2. The third-order valence-corrected chi connectivity index (χ3v) is 4.76. The highest BCUT2D eigenvalue weighted by Crippen LogP contribution is 2.30. The van der Waals surface area contributed by atoms with Crippen LogP contribution in [0.5, 0.6) is 0 Å². The van der Waals surface area contributed by atoms with Crippen molar-refractivity contribution in [3.8, 4) is 6.07 Å². The fraction of sp³-hybridized carbons (Fsp3) is 0.286. The highest BCUT2D eigenvalue weighted by Gasteiger charge is 2.15. The van der Waals surface area contributed by atoms with Crippen molar-refractivity contribution < 1.29 is 4.79 Å². The summed E-state index contributed by atoms with van der Waals surface area (Å²) < 4.78 is 1.97. The van der Waals surface area contributed by atoms with Crippen LogP contribution in [-0.4, -0.2) is 9.76 Å². The van der Waals surface area contributed by atoms with Crippen LogP contribution in [0.15, 0.2) is 24.4 Å². The number of benzene rings is 1. The monoisotopic (exact) mass is 384 g/mol. The quantitative estimate of drug-likeness (QED) is 0.553. The Morgan fingerprint density at radius 2 is 2.32 bits per heavy atom. The van der Waals surface area contributed by atoms with E-state index in [0.717, 1.165) is 29.3 Å². The average Bonchev–Trinajstić information content (AvgIpc) is 2.82. The number of carbonyl (C=O) groups is 1. The topological polar surface area (TPSA) is 45.8 Å². The van der Waals surface area contributed by atoms with E-state index in [1.54, 1.807) is 12.1 Å². The summed E-state index contributed by atoms with van der Waals surface area (Å²) in [5.41, 5.74) is 2.30. The molecule has 98 valence electrons. The zero-order chi connectivity index (χ0) is 13.8. The molecular formula is C14H13IN2OS. The van der Waals surface area contributed by atoms with Gasteiger partial charge in [0.2, 0.25) is 0 Å². The number of nitriles is 1. The largest absolute Gasteiger partial charge is 0.294 e. The van der Waals surface area contributed by atoms with Gasteiger partial charge in [0.25, 0.3) is 0 Å². The lowest BCUT2D eigenvalue weighted by molar-refractivity contribution is 0.0981. The van der Waals surface area contributed by atoms with Crippen molar-refractivity contribution in [2.45, 2.75) is 26.2 Å². The molecule has 0 bridgehead atoms. The second-order valence-corrected chi connectivity index (χ2v) is 6.02. The summed E-state index contributed by atoms with van der Waals surface area (Å²) in [6.45, 7) is 2.07. The van der Waals surface area contributed by atoms with Gasteiger partial charge in [0.15, 0.2) is 5.78 Å². The van der Waals surface area contributed by atoms with Crippen LogP contribution in [-0.2, 0) is 0 Å². The Balaban J connectivity index is 2.53. The average molecular weight is 384 g/mol. The molecule has 0 aliphatic rings. The van der Waals surface area contributed by atoms with Gasteiger partial charge >= 0.3 is 0 Å². The molecule has 2 aromatic rings. The Kier molecular flexibility index (Phi) is 4.88. The summed E-state index contributed by atoms with van der Waals surface area (Å²) in [5.74, 6) is 0.158. The summed E-state index contributed by atoms with van der Waals surface area (Å²) >= 11 is 2.19. The molecule has 19 heavy (non-hydrogen) atoms. The van der Waals surface area contributed by atoms with Gasteiger partial charge in [-0.2, -0.15) is 5.26 Å². The van der Waals surface area contributed by atoms with Gasteiger partial charge in [-0.1, -0.05) is 13.3 Å².